The van der Waals surface area contributed by atoms with Gasteiger partial charge in [-0.3, -0.25) is 9.47 Å². The SMILES string of the molecule is COCCN(CCO)CCCn1c(=O)[nH]c2ccccc21. The number of para-hydroxylation sites is 2. The molecule has 0 aliphatic heterocycles. The molecule has 0 fully saturated rings. The zero-order chi connectivity index (χ0) is 15.1. The van der Waals surface area contributed by atoms with E-state index in [1.54, 1.807) is 11.7 Å². The van der Waals surface area contributed by atoms with Gasteiger partial charge in [0, 0.05) is 33.3 Å². The van der Waals surface area contributed by atoms with Crippen molar-refractivity contribution < 1.29 is 9.84 Å². The Morgan fingerprint density at radius 2 is 2.10 bits per heavy atom. The minimum atomic E-state index is -0.0678. The average Bonchev–Trinajstić information content (AvgIpc) is 2.81. The summed E-state index contributed by atoms with van der Waals surface area (Å²) in [6.45, 7) is 3.70. The Labute approximate surface area is 124 Å². The lowest BCUT2D eigenvalue weighted by Gasteiger charge is -2.20. The van der Waals surface area contributed by atoms with Gasteiger partial charge in [0.15, 0.2) is 0 Å². The minimum absolute atomic E-state index is 0.0678. The van der Waals surface area contributed by atoms with Crippen LogP contribution < -0.4 is 5.69 Å². The van der Waals surface area contributed by atoms with Crippen LogP contribution in [0.4, 0.5) is 0 Å². The summed E-state index contributed by atoms with van der Waals surface area (Å²) < 4.78 is 6.83. The molecule has 0 spiro atoms. The molecule has 0 radical (unpaired) electrons. The molecule has 2 rings (SSSR count). The molecule has 1 aromatic heterocycles. The number of nitrogens with zero attached hydrogens (tertiary/aromatic N) is 2. The van der Waals surface area contributed by atoms with Crippen molar-refractivity contribution in [2.45, 2.75) is 13.0 Å². The number of ether oxygens (including phenoxy) is 1. The van der Waals surface area contributed by atoms with E-state index in [0.29, 0.717) is 19.7 Å². The number of nitrogens with one attached hydrogen (secondary N) is 1. The van der Waals surface area contributed by atoms with Crippen LogP contribution in [0.5, 0.6) is 0 Å². The van der Waals surface area contributed by atoms with E-state index >= 15 is 0 Å². The molecule has 2 aromatic rings. The number of aromatic nitrogens is 2. The second-order valence-electron chi connectivity index (χ2n) is 5.01. The molecule has 0 saturated heterocycles. The van der Waals surface area contributed by atoms with Crippen molar-refractivity contribution in [3.63, 3.8) is 0 Å². The van der Waals surface area contributed by atoms with Crippen LogP contribution in [0.15, 0.2) is 29.1 Å². The van der Waals surface area contributed by atoms with Crippen LogP contribution in [-0.2, 0) is 11.3 Å². The van der Waals surface area contributed by atoms with E-state index < -0.39 is 0 Å². The maximum Gasteiger partial charge on any atom is 0.326 e. The smallest absolute Gasteiger partial charge is 0.326 e. The standard InChI is InChI=1S/C15H23N3O3/c1-21-12-10-17(9-11-19)7-4-8-18-14-6-3-2-5-13(14)16-15(18)20/h2-3,5-6,19H,4,7-12H2,1H3,(H,16,20). The quantitative estimate of drug-likeness (QED) is 0.712. The minimum Gasteiger partial charge on any atom is -0.395 e. The Hall–Kier alpha value is -1.63. The number of H-pyrrole nitrogens is 1. The van der Waals surface area contributed by atoms with E-state index in [9.17, 15) is 4.79 Å². The van der Waals surface area contributed by atoms with Gasteiger partial charge < -0.3 is 14.8 Å². The van der Waals surface area contributed by atoms with Crippen molar-refractivity contribution in [2.24, 2.45) is 0 Å². The fourth-order valence-electron chi connectivity index (χ4n) is 2.48. The third-order valence-electron chi connectivity index (χ3n) is 3.57. The first-order valence-electron chi connectivity index (χ1n) is 7.26. The first kappa shape index (κ1) is 15.8. The summed E-state index contributed by atoms with van der Waals surface area (Å²) in [4.78, 5) is 16.9. The number of methoxy groups -OCH3 is 1. The molecule has 0 unspecified atom stereocenters. The summed E-state index contributed by atoms with van der Waals surface area (Å²) in [5.41, 5.74) is 1.74. The second kappa shape index (κ2) is 7.97. The lowest BCUT2D eigenvalue weighted by Crippen LogP contribution is -2.32. The Balaban J connectivity index is 1.94. The molecule has 0 saturated carbocycles. The van der Waals surface area contributed by atoms with Crippen molar-refractivity contribution in [1.82, 2.24) is 14.5 Å². The number of benzene rings is 1. The van der Waals surface area contributed by atoms with E-state index in [1.807, 2.05) is 24.3 Å². The number of aromatic amines is 1. The predicted molar refractivity (Wildman–Crippen MR) is 82.6 cm³/mol. The van der Waals surface area contributed by atoms with Gasteiger partial charge >= 0.3 is 5.69 Å². The van der Waals surface area contributed by atoms with Gasteiger partial charge in [0.2, 0.25) is 0 Å². The van der Waals surface area contributed by atoms with E-state index in [4.69, 9.17) is 9.84 Å². The highest BCUT2D eigenvalue weighted by Gasteiger charge is 2.07. The van der Waals surface area contributed by atoms with Crippen LogP contribution in [0.3, 0.4) is 0 Å². The van der Waals surface area contributed by atoms with Crippen molar-refractivity contribution in [2.75, 3.05) is 40.0 Å². The van der Waals surface area contributed by atoms with Gasteiger partial charge in [-0.05, 0) is 18.6 Å². The van der Waals surface area contributed by atoms with E-state index in [0.717, 1.165) is 30.5 Å². The van der Waals surface area contributed by atoms with Crippen LogP contribution in [-0.4, -0.2) is 59.5 Å². The van der Waals surface area contributed by atoms with E-state index in [-0.39, 0.29) is 12.3 Å². The van der Waals surface area contributed by atoms with E-state index in [2.05, 4.69) is 9.88 Å². The highest BCUT2D eigenvalue weighted by atomic mass is 16.5. The third-order valence-corrected chi connectivity index (χ3v) is 3.57. The topological polar surface area (TPSA) is 70.5 Å². The lowest BCUT2D eigenvalue weighted by atomic mass is 10.3. The van der Waals surface area contributed by atoms with Gasteiger partial charge in [0.1, 0.15) is 0 Å². The van der Waals surface area contributed by atoms with Crippen LogP contribution in [0, 0.1) is 0 Å². The zero-order valence-corrected chi connectivity index (χ0v) is 12.4. The monoisotopic (exact) mass is 293 g/mol. The van der Waals surface area contributed by atoms with Gasteiger partial charge in [-0.15, -0.1) is 0 Å². The molecule has 116 valence electrons. The molecule has 0 amide bonds. The Morgan fingerprint density at radius 1 is 1.29 bits per heavy atom. The highest BCUT2D eigenvalue weighted by Crippen LogP contribution is 2.09. The zero-order valence-electron chi connectivity index (χ0n) is 12.4. The molecule has 6 nitrogen and oxygen atoms in total. The van der Waals surface area contributed by atoms with Gasteiger partial charge in [-0.1, -0.05) is 12.1 Å². The van der Waals surface area contributed by atoms with Gasteiger partial charge in [0.05, 0.1) is 24.2 Å². The maximum atomic E-state index is 11.9. The maximum absolute atomic E-state index is 11.9. The van der Waals surface area contributed by atoms with Crippen molar-refractivity contribution in [3.8, 4) is 0 Å². The Morgan fingerprint density at radius 3 is 2.86 bits per heavy atom. The average molecular weight is 293 g/mol. The summed E-state index contributed by atoms with van der Waals surface area (Å²) in [7, 11) is 1.67. The Bertz CT molecular complexity index is 605. The van der Waals surface area contributed by atoms with Crippen LogP contribution in [0.25, 0.3) is 11.0 Å². The summed E-state index contributed by atoms with van der Waals surface area (Å²) in [6, 6.07) is 7.70. The number of hydrogen-bond acceptors (Lipinski definition) is 4. The summed E-state index contributed by atoms with van der Waals surface area (Å²) >= 11 is 0. The number of aryl methyl sites for hydroxylation is 1. The molecule has 21 heavy (non-hydrogen) atoms. The fourth-order valence-corrected chi connectivity index (χ4v) is 2.48. The van der Waals surface area contributed by atoms with Crippen LogP contribution >= 0.6 is 0 Å². The summed E-state index contributed by atoms with van der Waals surface area (Å²) in [5, 5.41) is 9.06. The van der Waals surface area contributed by atoms with Crippen molar-refractivity contribution in [1.29, 1.82) is 0 Å². The first-order chi connectivity index (χ1) is 10.3. The molecule has 0 aliphatic rings. The number of hydrogen-bond donors (Lipinski definition) is 2. The first-order valence-corrected chi connectivity index (χ1v) is 7.26. The van der Waals surface area contributed by atoms with Gasteiger partial charge in [-0.2, -0.15) is 0 Å². The predicted octanol–water partition coefficient (Wildman–Crippen LogP) is 0.660. The normalized spacial score (nSPS) is 11.6. The van der Waals surface area contributed by atoms with Crippen molar-refractivity contribution in [3.05, 3.63) is 34.7 Å². The molecular weight excluding hydrogens is 270 g/mol. The lowest BCUT2D eigenvalue weighted by molar-refractivity contribution is 0.129. The number of fused-ring (bicyclic) bond motifs is 1. The van der Waals surface area contributed by atoms with E-state index in [1.165, 1.54) is 0 Å². The Kier molecular flexibility index (Phi) is 5.98. The van der Waals surface area contributed by atoms with Crippen LogP contribution in [0.1, 0.15) is 6.42 Å². The number of imidazole rings is 1. The highest BCUT2D eigenvalue weighted by molar-refractivity contribution is 5.74. The number of rotatable bonds is 9. The molecule has 0 atom stereocenters. The van der Waals surface area contributed by atoms with Crippen LogP contribution in [0.2, 0.25) is 0 Å². The summed E-state index contributed by atoms with van der Waals surface area (Å²) in [6.07, 6.45) is 0.853. The molecule has 1 aromatic carbocycles. The molecule has 2 N–H and O–H groups in total. The molecule has 6 heteroatoms. The summed E-state index contributed by atoms with van der Waals surface area (Å²) in [5.74, 6) is 0. The number of aliphatic hydroxyl groups is 1. The molecule has 0 bridgehead atoms. The largest absolute Gasteiger partial charge is 0.395 e. The third kappa shape index (κ3) is 4.17. The number of aliphatic hydroxyl groups excluding tert-OH is 1. The molecule has 0 aliphatic carbocycles. The van der Waals surface area contributed by atoms with Gasteiger partial charge in [-0.25, -0.2) is 4.79 Å². The molecule has 1 heterocycles. The van der Waals surface area contributed by atoms with Crippen molar-refractivity contribution >= 4 is 11.0 Å². The molecular formula is C15H23N3O3. The van der Waals surface area contributed by atoms with Gasteiger partial charge in [0.25, 0.3) is 0 Å². The fraction of sp³-hybridized carbons (Fsp3) is 0.533. The second-order valence-corrected chi connectivity index (χ2v) is 5.01.